The van der Waals surface area contributed by atoms with Gasteiger partial charge in [0.1, 0.15) is 11.9 Å². The third-order valence-electron chi connectivity index (χ3n) is 3.81. The number of aromatic nitrogens is 1. The first kappa shape index (κ1) is 20.0. The molecule has 7 nitrogen and oxygen atoms in total. The van der Waals surface area contributed by atoms with E-state index < -0.39 is 0 Å². The molecule has 1 aromatic carbocycles. The minimum atomic E-state index is -0.211. The first-order valence-electron chi connectivity index (χ1n) is 8.87. The number of nitrogens with one attached hydrogen (secondary N) is 2. The molecule has 27 heavy (non-hydrogen) atoms. The molecule has 0 atom stereocenters. The Morgan fingerprint density at radius 2 is 2.11 bits per heavy atom. The Labute approximate surface area is 159 Å². The molecule has 0 bridgehead atoms. The van der Waals surface area contributed by atoms with Crippen LogP contribution in [0.5, 0.6) is 11.5 Å². The highest BCUT2D eigenvalue weighted by Crippen LogP contribution is 2.28. The van der Waals surface area contributed by atoms with Crippen LogP contribution in [-0.4, -0.2) is 37.7 Å². The number of hydrogen-bond acceptors (Lipinski definition) is 6. The predicted octanol–water partition coefficient (Wildman–Crippen LogP) is 2.98. The number of anilines is 1. The van der Waals surface area contributed by atoms with Crippen LogP contribution in [-0.2, 0) is 0 Å². The maximum Gasteiger partial charge on any atom is 0.251 e. The van der Waals surface area contributed by atoms with Gasteiger partial charge in [-0.1, -0.05) is 13.3 Å². The number of pyridine rings is 1. The monoisotopic (exact) mass is 368 g/mol. The topological polar surface area (TPSA) is 96.3 Å². The second kappa shape index (κ2) is 10.7. The molecule has 0 aliphatic rings. The summed E-state index contributed by atoms with van der Waals surface area (Å²) in [5, 5.41) is 14.9. The zero-order valence-electron chi connectivity index (χ0n) is 15.6. The first-order valence-corrected chi connectivity index (χ1v) is 8.87. The molecule has 0 aliphatic carbocycles. The third kappa shape index (κ3) is 5.89. The maximum atomic E-state index is 12.3. The molecule has 142 valence electrons. The number of amides is 1. The summed E-state index contributed by atoms with van der Waals surface area (Å²) >= 11 is 0. The molecular weight excluding hydrogens is 344 g/mol. The van der Waals surface area contributed by atoms with Gasteiger partial charge in [0.2, 0.25) is 0 Å². The number of benzene rings is 1. The summed E-state index contributed by atoms with van der Waals surface area (Å²) in [4.78, 5) is 16.4. The van der Waals surface area contributed by atoms with Gasteiger partial charge in [-0.3, -0.25) is 4.79 Å². The summed E-state index contributed by atoms with van der Waals surface area (Å²) in [6, 6.07) is 10.6. The van der Waals surface area contributed by atoms with Crippen LogP contribution in [0.4, 0.5) is 5.82 Å². The quantitative estimate of drug-likeness (QED) is 0.626. The number of nitrogens with zero attached hydrogens (tertiary/aromatic N) is 2. The minimum Gasteiger partial charge on any atom is -0.493 e. The number of methoxy groups -OCH3 is 1. The van der Waals surface area contributed by atoms with Gasteiger partial charge in [0.15, 0.2) is 11.5 Å². The molecule has 0 unspecified atom stereocenters. The molecule has 0 fully saturated rings. The first-order chi connectivity index (χ1) is 13.2. The van der Waals surface area contributed by atoms with Crippen molar-refractivity contribution >= 4 is 11.7 Å². The van der Waals surface area contributed by atoms with Crippen LogP contribution < -0.4 is 20.1 Å². The summed E-state index contributed by atoms with van der Waals surface area (Å²) in [5.41, 5.74) is 0.956. The van der Waals surface area contributed by atoms with Gasteiger partial charge >= 0.3 is 0 Å². The molecule has 0 radical (unpaired) electrons. The Morgan fingerprint density at radius 1 is 1.26 bits per heavy atom. The van der Waals surface area contributed by atoms with Crippen LogP contribution in [0.15, 0.2) is 36.5 Å². The summed E-state index contributed by atoms with van der Waals surface area (Å²) in [6.07, 6.45) is 3.62. The van der Waals surface area contributed by atoms with E-state index in [1.54, 1.807) is 43.6 Å². The van der Waals surface area contributed by atoms with Crippen LogP contribution in [0.3, 0.4) is 0 Å². The van der Waals surface area contributed by atoms with Crippen molar-refractivity contribution in [2.75, 3.05) is 32.1 Å². The van der Waals surface area contributed by atoms with Crippen LogP contribution in [0.1, 0.15) is 35.7 Å². The highest BCUT2D eigenvalue weighted by molar-refractivity contribution is 5.94. The Kier molecular flexibility index (Phi) is 7.92. The van der Waals surface area contributed by atoms with Crippen molar-refractivity contribution in [1.29, 1.82) is 5.26 Å². The number of carbonyl (C=O) groups is 1. The van der Waals surface area contributed by atoms with Gasteiger partial charge in [0, 0.05) is 24.8 Å². The normalized spacial score (nSPS) is 9.96. The third-order valence-corrected chi connectivity index (χ3v) is 3.81. The highest BCUT2D eigenvalue weighted by Gasteiger charge is 2.11. The Morgan fingerprint density at radius 3 is 2.85 bits per heavy atom. The maximum absolute atomic E-state index is 12.3. The number of carbonyl (C=O) groups excluding carboxylic acids is 1. The summed E-state index contributed by atoms with van der Waals surface area (Å²) < 4.78 is 11.0. The zero-order chi connectivity index (χ0) is 19.5. The summed E-state index contributed by atoms with van der Waals surface area (Å²) in [7, 11) is 1.55. The van der Waals surface area contributed by atoms with E-state index in [-0.39, 0.29) is 5.91 Å². The number of rotatable bonds is 10. The van der Waals surface area contributed by atoms with E-state index in [0.717, 1.165) is 12.8 Å². The molecule has 1 heterocycles. The molecule has 0 aliphatic heterocycles. The molecule has 1 amide bonds. The fourth-order valence-electron chi connectivity index (χ4n) is 2.35. The molecule has 1 aromatic heterocycles. The number of ether oxygens (including phenoxy) is 2. The van der Waals surface area contributed by atoms with Crippen LogP contribution >= 0.6 is 0 Å². The SMILES string of the molecule is CCCCOc1ccc(C(=O)NCCNc2ncccc2C#N)cc1OC. The molecule has 0 saturated carbocycles. The van der Waals surface area contributed by atoms with Crippen molar-refractivity contribution in [3.05, 3.63) is 47.7 Å². The van der Waals surface area contributed by atoms with Gasteiger partial charge in [-0.05, 0) is 36.8 Å². The molecule has 2 N–H and O–H groups in total. The van der Waals surface area contributed by atoms with Crippen molar-refractivity contribution < 1.29 is 14.3 Å². The van der Waals surface area contributed by atoms with Gasteiger partial charge in [-0.2, -0.15) is 5.26 Å². The second-order valence-electron chi connectivity index (χ2n) is 5.76. The molecule has 2 rings (SSSR count). The molecular formula is C20H24N4O3. The van der Waals surface area contributed by atoms with Crippen LogP contribution in [0.2, 0.25) is 0 Å². The van der Waals surface area contributed by atoms with E-state index in [1.165, 1.54) is 0 Å². The lowest BCUT2D eigenvalue weighted by molar-refractivity contribution is 0.0954. The fourth-order valence-corrected chi connectivity index (χ4v) is 2.35. The number of unbranched alkanes of at least 4 members (excludes halogenated alkanes) is 1. The zero-order valence-corrected chi connectivity index (χ0v) is 15.6. The van der Waals surface area contributed by atoms with Gasteiger partial charge in [-0.15, -0.1) is 0 Å². The Balaban J connectivity index is 1.87. The number of hydrogen-bond donors (Lipinski definition) is 2. The van der Waals surface area contributed by atoms with Crippen LogP contribution in [0, 0.1) is 11.3 Å². The van der Waals surface area contributed by atoms with E-state index >= 15 is 0 Å². The minimum absolute atomic E-state index is 0.211. The highest BCUT2D eigenvalue weighted by atomic mass is 16.5. The lowest BCUT2D eigenvalue weighted by Gasteiger charge is -2.12. The van der Waals surface area contributed by atoms with Crippen molar-refractivity contribution in [3.8, 4) is 17.6 Å². The molecule has 2 aromatic rings. The van der Waals surface area contributed by atoms with Crippen molar-refractivity contribution in [1.82, 2.24) is 10.3 Å². The summed E-state index contributed by atoms with van der Waals surface area (Å²) in [5.74, 6) is 1.45. The Hall–Kier alpha value is -3.27. The Bertz CT molecular complexity index is 802. The van der Waals surface area contributed by atoms with E-state index in [4.69, 9.17) is 14.7 Å². The smallest absolute Gasteiger partial charge is 0.251 e. The van der Waals surface area contributed by atoms with Crippen molar-refractivity contribution in [2.24, 2.45) is 0 Å². The second-order valence-corrected chi connectivity index (χ2v) is 5.76. The summed E-state index contributed by atoms with van der Waals surface area (Å²) in [6.45, 7) is 3.55. The standard InChI is InChI=1S/C20H24N4O3/c1-3-4-12-27-17-8-7-15(13-18(17)26-2)20(25)24-11-10-23-19-16(14-21)6-5-9-22-19/h5-9,13H,3-4,10-12H2,1-2H3,(H,22,23)(H,24,25). The van der Waals surface area contributed by atoms with E-state index in [1.807, 2.05) is 0 Å². The van der Waals surface area contributed by atoms with E-state index in [0.29, 0.717) is 48.1 Å². The predicted molar refractivity (Wildman–Crippen MR) is 103 cm³/mol. The van der Waals surface area contributed by atoms with E-state index in [2.05, 4.69) is 28.6 Å². The van der Waals surface area contributed by atoms with Gasteiger partial charge in [0.05, 0.1) is 19.3 Å². The largest absolute Gasteiger partial charge is 0.493 e. The van der Waals surface area contributed by atoms with E-state index in [9.17, 15) is 4.79 Å². The van der Waals surface area contributed by atoms with Gasteiger partial charge in [0.25, 0.3) is 5.91 Å². The van der Waals surface area contributed by atoms with Crippen LogP contribution in [0.25, 0.3) is 0 Å². The fraction of sp³-hybridized carbons (Fsp3) is 0.350. The molecule has 0 saturated heterocycles. The van der Waals surface area contributed by atoms with Crippen molar-refractivity contribution in [2.45, 2.75) is 19.8 Å². The molecule has 7 heteroatoms. The lowest BCUT2D eigenvalue weighted by Crippen LogP contribution is -2.29. The lowest BCUT2D eigenvalue weighted by atomic mass is 10.2. The van der Waals surface area contributed by atoms with Gasteiger partial charge < -0.3 is 20.1 Å². The van der Waals surface area contributed by atoms with Gasteiger partial charge in [-0.25, -0.2) is 4.98 Å². The number of nitriles is 1. The average molecular weight is 368 g/mol. The van der Waals surface area contributed by atoms with Crippen molar-refractivity contribution in [3.63, 3.8) is 0 Å². The average Bonchev–Trinajstić information content (AvgIpc) is 2.71. The molecule has 0 spiro atoms.